The molecule has 0 spiro atoms. The molecule has 1 N–H and O–H groups in total. The quantitative estimate of drug-likeness (QED) is 0.505. The highest BCUT2D eigenvalue weighted by atomic mass is 32.1. The van der Waals surface area contributed by atoms with Crippen LogP contribution in [0.2, 0.25) is 0 Å². The highest BCUT2D eigenvalue weighted by Gasteiger charge is 2.10. The second-order valence-electron chi connectivity index (χ2n) is 4.30. The van der Waals surface area contributed by atoms with E-state index in [4.69, 9.17) is 0 Å². The summed E-state index contributed by atoms with van der Waals surface area (Å²) in [6.45, 7) is 0. The van der Waals surface area contributed by atoms with Gasteiger partial charge in [0.15, 0.2) is 0 Å². The van der Waals surface area contributed by atoms with E-state index in [1.807, 2.05) is 42.5 Å². The van der Waals surface area contributed by atoms with Crippen molar-refractivity contribution in [2.45, 2.75) is 0 Å². The molecule has 2 aromatic carbocycles. The number of H-pyrrole nitrogens is 1. The van der Waals surface area contributed by atoms with Crippen LogP contribution in [0.5, 0.6) is 0 Å². The predicted molar refractivity (Wildman–Crippen MR) is 77.5 cm³/mol. The molecule has 0 bridgehead atoms. The molecule has 0 aliphatic rings. The minimum atomic E-state index is 0.0931. The molecule has 18 heavy (non-hydrogen) atoms. The SMILES string of the molecule is O=c1c2ccccc2sc2c1[nH]c1ccccc12. The molecule has 0 unspecified atom stereocenters. The first-order valence-electron chi connectivity index (χ1n) is 5.77. The van der Waals surface area contributed by atoms with Crippen LogP contribution in [0.3, 0.4) is 0 Å². The van der Waals surface area contributed by atoms with Gasteiger partial charge < -0.3 is 4.98 Å². The highest BCUT2D eigenvalue weighted by Crippen LogP contribution is 2.30. The summed E-state index contributed by atoms with van der Waals surface area (Å²) >= 11 is 1.67. The Kier molecular flexibility index (Phi) is 1.88. The maximum atomic E-state index is 12.4. The Morgan fingerprint density at radius 2 is 1.61 bits per heavy atom. The van der Waals surface area contributed by atoms with Crippen molar-refractivity contribution in [2.24, 2.45) is 0 Å². The molecule has 2 heterocycles. The van der Waals surface area contributed by atoms with Crippen molar-refractivity contribution < 1.29 is 0 Å². The number of aromatic amines is 1. The van der Waals surface area contributed by atoms with Crippen LogP contribution in [0.4, 0.5) is 0 Å². The molecule has 4 aromatic rings. The molecule has 0 aliphatic carbocycles. The van der Waals surface area contributed by atoms with Gasteiger partial charge in [-0.1, -0.05) is 30.3 Å². The van der Waals surface area contributed by atoms with E-state index in [1.165, 1.54) is 0 Å². The number of nitrogens with one attached hydrogen (secondary N) is 1. The molecule has 0 radical (unpaired) electrons. The van der Waals surface area contributed by atoms with Gasteiger partial charge in [0.05, 0.1) is 4.70 Å². The average molecular weight is 251 g/mol. The van der Waals surface area contributed by atoms with E-state index < -0.39 is 0 Å². The van der Waals surface area contributed by atoms with Crippen molar-refractivity contribution in [3.05, 3.63) is 58.8 Å². The lowest BCUT2D eigenvalue weighted by molar-refractivity contribution is 1.53. The molecule has 0 saturated carbocycles. The Hall–Kier alpha value is -2.13. The van der Waals surface area contributed by atoms with Gasteiger partial charge in [0.25, 0.3) is 0 Å². The van der Waals surface area contributed by atoms with Crippen LogP contribution in [-0.4, -0.2) is 4.98 Å². The van der Waals surface area contributed by atoms with Gasteiger partial charge in [0, 0.05) is 21.0 Å². The van der Waals surface area contributed by atoms with Crippen molar-refractivity contribution in [3.8, 4) is 0 Å². The third-order valence-electron chi connectivity index (χ3n) is 3.23. The van der Waals surface area contributed by atoms with Crippen LogP contribution in [-0.2, 0) is 0 Å². The smallest absolute Gasteiger partial charge is 0.212 e. The number of hydrogen-bond acceptors (Lipinski definition) is 2. The topological polar surface area (TPSA) is 32.9 Å². The van der Waals surface area contributed by atoms with Crippen LogP contribution < -0.4 is 5.43 Å². The fraction of sp³-hybridized carbons (Fsp3) is 0. The molecular weight excluding hydrogens is 242 g/mol. The van der Waals surface area contributed by atoms with E-state index in [0.29, 0.717) is 0 Å². The zero-order chi connectivity index (χ0) is 12.1. The summed E-state index contributed by atoms with van der Waals surface area (Å²) in [6, 6.07) is 15.8. The minimum absolute atomic E-state index is 0.0931. The molecule has 2 aromatic heterocycles. The fourth-order valence-corrected chi connectivity index (χ4v) is 3.54. The van der Waals surface area contributed by atoms with Gasteiger partial charge >= 0.3 is 0 Å². The molecular formula is C15H9NOS. The molecule has 3 heteroatoms. The van der Waals surface area contributed by atoms with Gasteiger partial charge in [-0.05, 0) is 18.2 Å². The number of hydrogen-bond donors (Lipinski definition) is 1. The van der Waals surface area contributed by atoms with Crippen LogP contribution >= 0.6 is 11.3 Å². The van der Waals surface area contributed by atoms with Crippen molar-refractivity contribution in [3.63, 3.8) is 0 Å². The number of rotatable bonds is 0. The molecule has 0 aliphatic heterocycles. The van der Waals surface area contributed by atoms with Crippen LogP contribution in [0.25, 0.3) is 31.2 Å². The summed E-state index contributed by atoms with van der Waals surface area (Å²) in [5.41, 5.74) is 1.84. The fourth-order valence-electron chi connectivity index (χ4n) is 2.37. The average Bonchev–Trinajstić information content (AvgIpc) is 2.79. The minimum Gasteiger partial charge on any atom is -0.351 e. The second-order valence-corrected chi connectivity index (χ2v) is 5.35. The normalized spacial score (nSPS) is 11.6. The Morgan fingerprint density at radius 1 is 0.889 bits per heavy atom. The standard InChI is InChI=1S/C15H9NOS/c17-14-10-6-2-4-8-12(10)18-15-9-5-1-3-7-11(9)16-13(14)15/h1-8,16H. The van der Waals surface area contributed by atoms with Crippen molar-refractivity contribution >= 4 is 42.5 Å². The summed E-state index contributed by atoms with van der Waals surface area (Å²) < 4.78 is 2.09. The third kappa shape index (κ3) is 1.19. The molecule has 0 atom stereocenters. The van der Waals surface area contributed by atoms with E-state index in [0.717, 1.165) is 31.2 Å². The van der Waals surface area contributed by atoms with Crippen LogP contribution in [0.1, 0.15) is 0 Å². The summed E-state index contributed by atoms with van der Waals surface area (Å²) in [4.78, 5) is 15.7. The van der Waals surface area contributed by atoms with E-state index in [9.17, 15) is 4.79 Å². The van der Waals surface area contributed by atoms with Gasteiger partial charge in [0.2, 0.25) is 5.43 Å². The van der Waals surface area contributed by atoms with Gasteiger partial charge in [-0.2, -0.15) is 0 Å². The largest absolute Gasteiger partial charge is 0.351 e. The summed E-state index contributed by atoms with van der Waals surface area (Å²) in [6.07, 6.45) is 0. The Morgan fingerprint density at radius 3 is 2.50 bits per heavy atom. The first kappa shape index (κ1) is 9.85. The molecule has 86 valence electrons. The number of aromatic nitrogens is 1. The molecule has 0 amide bonds. The number of para-hydroxylation sites is 1. The highest BCUT2D eigenvalue weighted by molar-refractivity contribution is 7.25. The van der Waals surface area contributed by atoms with E-state index in [2.05, 4.69) is 11.1 Å². The monoisotopic (exact) mass is 251 g/mol. The lowest BCUT2D eigenvalue weighted by Crippen LogP contribution is -2.00. The van der Waals surface area contributed by atoms with Crippen molar-refractivity contribution in [1.82, 2.24) is 4.98 Å². The summed E-state index contributed by atoms with van der Waals surface area (Å²) in [5, 5.41) is 1.92. The first-order chi connectivity index (χ1) is 8.84. The van der Waals surface area contributed by atoms with Gasteiger partial charge in [0.1, 0.15) is 5.52 Å². The molecule has 0 fully saturated rings. The maximum absolute atomic E-state index is 12.4. The summed E-state index contributed by atoms with van der Waals surface area (Å²) in [5.74, 6) is 0. The summed E-state index contributed by atoms with van der Waals surface area (Å²) in [7, 11) is 0. The van der Waals surface area contributed by atoms with E-state index in [1.54, 1.807) is 11.3 Å². The predicted octanol–water partition coefficient (Wildman–Crippen LogP) is 3.90. The van der Waals surface area contributed by atoms with E-state index in [-0.39, 0.29) is 5.43 Å². The Balaban J connectivity index is 2.38. The number of fused-ring (bicyclic) bond motifs is 4. The van der Waals surface area contributed by atoms with Crippen LogP contribution in [0, 0.1) is 0 Å². The Labute approximate surface area is 106 Å². The zero-order valence-corrected chi connectivity index (χ0v) is 10.3. The first-order valence-corrected chi connectivity index (χ1v) is 6.58. The molecule has 2 nitrogen and oxygen atoms in total. The van der Waals surface area contributed by atoms with Crippen molar-refractivity contribution in [1.29, 1.82) is 0 Å². The van der Waals surface area contributed by atoms with Crippen LogP contribution in [0.15, 0.2) is 53.3 Å². The van der Waals surface area contributed by atoms with Crippen molar-refractivity contribution in [2.75, 3.05) is 0 Å². The lowest BCUT2D eigenvalue weighted by Gasteiger charge is -1.96. The van der Waals surface area contributed by atoms with Gasteiger partial charge in [-0.25, -0.2) is 0 Å². The third-order valence-corrected chi connectivity index (χ3v) is 4.43. The Bertz CT molecular complexity index is 949. The van der Waals surface area contributed by atoms with Gasteiger partial charge in [-0.15, -0.1) is 11.3 Å². The molecule has 0 saturated heterocycles. The van der Waals surface area contributed by atoms with Gasteiger partial charge in [-0.3, -0.25) is 4.79 Å². The van der Waals surface area contributed by atoms with E-state index >= 15 is 0 Å². The second kappa shape index (κ2) is 3.43. The lowest BCUT2D eigenvalue weighted by atomic mass is 10.2. The molecule has 4 rings (SSSR count). The zero-order valence-electron chi connectivity index (χ0n) is 9.44. The number of benzene rings is 2. The maximum Gasteiger partial charge on any atom is 0.212 e.